The second-order valence-corrected chi connectivity index (χ2v) is 3.98. The first-order valence-corrected chi connectivity index (χ1v) is 5.81. The second-order valence-electron chi connectivity index (χ2n) is 3.98. The van der Waals surface area contributed by atoms with Gasteiger partial charge >= 0.3 is 11.7 Å². The van der Waals surface area contributed by atoms with Gasteiger partial charge in [-0.25, -0.2) is 4.63 Å². The molecular formula is C11H12N4O5. The van der Waals surface area contributed by atoms with Crippen LogP contribution in [-0.2, 0) is 9.53 Å². The largest absolute Gasteiger partial charge is 0.465 e. The van der Waals surface area contributed by atoms with Crippen LogP contribution in [0.25, 0.3) is 11.0 Å². The maximum atomic E-state index is 11.4. The lowest BCUT2D eigenvalue weighted by molar-refractivity contribution is -0.383. The van der Waals surface area contributed by atoms with Gasteiger partial charge < -0.3 is 9.64 Å². The van der Waals surface area contributed by atoms with E-state index in [9.17, 15) is 14.9 Å². The van der Waals surface area contributed by atoms with Gasteiger partial charge in [0.05, 0.1) is 17.2 Å². The number of nitro groups is 1. The zero-order valence-electron chi connectivity index (χ0n) is 10.9. The highest BCUT2D eigenvalue weighted by Crippen LogP contribution is 2.30. The molecule has 1 heterocycles. The first-order chi connectivity index (χ1) is 9.54. The van der Waals surface area contributed by atoms with E-state index in [4.69, 9.17) is 4.74 Å². The number of esters is 1. The number of carbonyl (C=O) groups is 1. The zero-order chi connectivity index (χ0) is 14.7. The number of fused-ring (bicyclic) bond motifs is 1. The topological polar surface area (TPSA) is 112 Å². The molecule has 0 radical (unpaired) electrons. The van der Waals surface area contributed by atoms with Crippen molar-refractivity contribution < 1.29 is 19.1 Å². The van der Waals surface area contributed by atoms with E-state index < -0.39 is 10.9 Å². The number of hydrogen-bond acceptors (Lipinski definition) is 8. The van der Waals surface area contributed by atoms with Crippen LogP contribution in [0.4, 0.5) is 11.4 Å². The molecule has 0 spiro atoms. The summed E-state index contributed by atoms with van der Waals surface area (Å²) in [5, 5.41) is 18.0. The summed E-state index contributed by atoms with van der Waals surface area (Å²) in [6.45, 7) is 1.99. The van der Waals surface area contributed by atoms with Gasteiger partial charge in [-0.2, -0.15) is 0 Å². The molecule has 2 aromatic rings. The third kappa shape index (κ3) is 2.51. The lowest BCUT2D eigenvalue weighted by atomic mass is 10.2. The van der Waals surface area contributed by atoms with Gasteiger partial charge in [-0.1, -0.05) is 0 Å². The van der Waals surface area contributed by atoms with Crippen LogP contribution < -0.4 is 4.90 Å². The number of benzene rings is 1. The number of hydrogen-bond donors (Lipinski definition) is 0. The fourth-order valence-electron chi connectivity index (χ4n) is 1.78. The molecule has 1 aromatic heterocycles. The Labute approximate surface area is 113 Å². The maximum Gasteiger partial charge on any atom is 0.325 e. The molecule has 9 heteroatoms. The molecule has 0 unspecified atom stereocenters. The number of aromatic nitrogens is 2. The molecule has 0 N–H and O–H groups in total. The Bertz CT molecular complexity index is 653. The van der Waals surface area contributed by atoms with Crippen molar-refractivity contribution in [3.05, 3.63) is 22.2 Å². The van der Waals surface area contributed by atoms with Gasteiger partial charge in [0, 0.05) is 13.1 Å². The lowest BCUT2D eigenvalue weighted by Crippen LogP contribution is -2.27. The number of nitro benzene ring substituents is 1. The molecule has 0 bridgehead atoms. The SMILES string of the molecule is CCOC(=O)CN(C)c1ccc([N+](=O)[O-])c2nonc12. The van der Waals surface area contributed by atoms with Crippen molar-refractivity contribution in [2.45, 2.75) is 6.92 Å². The van der Waals surface area contributed by atoms with Crippen molar-refractivity contribution in [2.75, 3.05) is 25.1 Å². The second kappa shape index (κ2) is 5.51. The molecule has 0 saturated carbocycles. The number of ether oxygens (including phenoxy) is 1. The summed E-state index contributed by atoms with van der Waals surface area (Å²) in [5.74, 6) is -0.405. The summed E-state index contributed by atoms with van der Waals surface area (Å²) in [4.78, 5) is 23.3. The Morgan fingerprint density at radius 2 is 2.15 bits per heavy atom. The van der Waals surface area contributed by atoms with Gasteiger partial charge in [0.1, 0.15) is 6.54 Å². The van der Waals surface area contributed by atoms with Crippen LogP contribution in [0.15, 0.2) is 16.8 Å². The van der Waals surface area contributed by atoms with Gasteiger partial charge in [-0.05, 0) is 23.3 Å². The molecule has 1 aromatic carbocycles. The molecule has 20 heavy (non-hydrogen) atoms. The number of carbonyl (C=O) groups excluding carboxylic acids is 1. The molecule has 9 nitrogen and oxygen atoms in total. The Hall–Kier alpha value is -2.71. The highest BCUT2D eigenvalue weighted by atomic mass is 16.6. The van der Waals surface area contributed by atoms with Crippen molar-refractivity contribution in [3.8, 4) is 0 Å². The summed E-state index contributed by atoms with van der Waals surface area (Å²) >= 11 is 0. The number of rotatable bonds is 5. The summed E-state index contributed by atoms with van der Waals surface area (Å²) in [5.41, 5.74) is 0.573. The maximum absolute atomic E-state index is 11.4. The minimum absolute atomic E-state index is 0.00634. The van der Waals surface area contributed by atoms with Crippen LogP contribution in [0.2, 0.25) is 0 Å². The van der Waals surface area contributed by atoms with Crippen molar-refractivity contribution >= 4 is 28.4 Å². The van der Waals surface area contributed by atoms with Crippen molar-refractivity contribution in [1.29, 1.82) is 0 Å². The van der Waals surface area contributed by atoms with E-state index in [1.54, 1.807) is 18.9 Å². The Morgan fingerprint density at radius 1 is 1.45 bits per heavy atom. The summed E-state index contributed by atoms with van der Waals surface area (Å²) in [6, 6.07) is 2.79. The minimum Gasteiger partial charge on any atom is -0.465 e. The quantitative estimate of drug-likeness (QED) is 0.455. The number of anilines is 1. The lowest BCUT2D eigenvalue weighted by Gasteiger charge is -2.17. The molecule has 0 aliphatic rings. The van der Waals surface area contributed by atoms with Gasteiger partial charge in [-0.15, -0.1) is 0 Å². The van der Waals surface area contributed by atoms with Gasteiger partial charge in [0.15, 0.2) is 5.52 Å². The van der Waals surface area contributed by atoms with Crippen molar-refractivity contribution in [3.63, 3.8) is 0 Å². The van der Waals surface area contributed by atoms with Crippen LogP contribution in [0, 0.1) is 10.1 Å². The predicted octanol–water partition coefficient (Wildman–Crippen LogP) is 1.13. The molecular weight excluding hydrogens is 268 g/mol. The van der Waals surface area contributed by atoms with E-state index in [0.717, 1.165) is 0 Å². The molecule has 106 valence electrons. The number of likely N-dealkylation sites (N-methyl/N-ethyl adjacent to an activating group) is 1. The van der Waals surface area contributed by atoms with E-state index in [1.165, 1.54) is 12.1 Å². The van der Waals surface area contributed by atoms with E-state index in [-0.39, 0.29) is 29.9 Å². The van der Waals surface area contributed by atoms with Crippen molar-refractivity contribution in [2.24, 2.45) is 0 Å². The fourth-order valence-corrected chi connectivity index (χ4v) is 1.78. The third-order valence-electron chi connectivity index (χ3n) is 2.65. The first kappa shape index (κ1) is 13.7. The van der Waals surface area contributed by atoms with E-state index in [2.05, 4.69) is 14.9 Å². The zero-order valence-corrected chi connectivity index (χ0v) is 10.9. The minimum atomic E-state index is -0.568. The smallest absolute Gasteiger partial charge is 0.325 e. The van der Waals surface area contributed by atoms with E-state index in [1.807, 2.05) is 0 Å². The third-order valence-corrected chi connectivity index (χ3v) is 2.65. The van der Waals surface area contributed by atoms with Crippen LogP contribution >= 0.6 is 0 Å². The summed E-state index contributed by atoms with van der Waals surface area (Å²) in [6.07, 6.45) is 0. The average Bonchev–Trinajstić information content (AvgIpc) is 2.86. The number of non-ortho nitro benzene ring substituents is 1. The van der Waals surface area contributed by atoms with Gasteiger partial charge in [-0.3, -0.25) is 14.9 Å². The Kier molecular flexibility index (Phi) is 3.78. The highest BCUT2D eigenvalue weighted by molar-refractivity contribution is 5.94. The molecule has 2 rings (SSSR count). The molecule has 0 saturated heterocycles. The van der Waals surface area contributed by atoms with Gasteiger partial charge in [0.25, 0.3) is 0 Å². The van der Waals surface area contributed by atoms with E-state index in [0.29, 0.717) is 5.69 Å². The van der Waals surface area contributed by atoms with Crippen molar-refractivity contribution in [1.82, 2.24) is 10.3 Å². The van der Waals surface area contributed by atoms with E-state index >= 15 is 0 Å². The van der Waals surface area contributed by atoms with Gasteiger partial charge in [0.2, 0.25) is 5.52 Å². The number of nitrogens with zero attached hydrogens (tertiary/aromatic N) is 4. The molecule has 0 amide bonds. The first-order valence-electron chi connectivity index (χ1n) is 5.81. The molecule has 0 aliphatic carbocycles. The monoisotopic (exact) mass is 280 g/mol. The standard InChI is InChI=1S/C11H12N4O5/c1-3-19-9(16)6-14(2)7-4-5-8(15(17)18)11-10(7)12-20-13-11/h4-5H,3,6H2,1-2H3. The molecule has 0 aliphatic heterocycles. The Balaban J connectivity index is 2.36. The summed E-state index contributed by atoms with van der Waals surface area (Å²) < 4.78 is 9.39. The predicted molar refractivity (Wildman–Crippen MR) is 68.4 cm³/mol. The fraction of sp³-hybridized carbons (Fsp3) is 0.364. The normalized spacial score (nSPS) is 10.5. The van der Waals surface area contributed by atoms with Crippen LogP contribution in [0.3, 0.4) is 0 Å². The average molecular weight is 280 g/mol. The molecule has 0 fully saturated rings. The van der Waals surface area contributed by atoms with Crippen LogP contribution in [0.1, 0.15) is 6.92 Å². The highest BCUT2D eigenvalue weighted by Gasteiger charge is 2.22. The summed E-state index contributed by atoms with van der Waals surface area (Å²) in [7, 11) is 1.65. The van der Waals surface area contributed by atoms with Crippen LogP contribution in [0.5, 0.6) is 0 Å². The van der Waals surface area contributed by atoms with Crippen LogP contribution in [-0.4, -0.2) is 41.4 Å². The Morgan fingerprint density at radius 3 is 2.80 bits per heavy atom. The molecule has 0 atom stereocenters.